The molecule has 0 bridgehead atoms. The zero-order chi connectivity index (χ0) is 18.8. The second kappa shape index (κ2) is 6.58. The van der Waals surface area contributed by atoms with Crippen LogP contribution in [0.1, 0.15) is 16.8 Å². The van der Waals surface area contributed by atoms with Gasteiger partial charge in [0, 0.05) is 5.56 Å². The van der Waals surface area contributed by atoms with Gasteiger partial charge in [-0.25, -0.2) is 14.8 Å². The zero-order valence-corrected chi connectivity index (χ0v) is 14.0. The van der Waals surface area contributed by atoms with Crippen molar-refractivity contribution in [1.82, 2.24) is 19.5 Å². The van der Waals surface area contributed by atoms with Crippen molar-refractivity contribution in [1.29, 1.82) is 10.5 Å². The summed E-state index contributed by atoms with van der Waals surface area (Å²) in [4.78, 5) is 23.9. The van der Waals surface area contributed by atoms with Gasteiger partial charge in [0.15, 0.2) is 17.2 Å². The van der Waals surface area contributed by atoms with E-state index in [0.717, 1.165) is 5.56 Å². The predicted octanol–water partition coefficient (Wildman–Crippen LogP) is 2.58. The number of hydrogen-bond acceptors (Lipinski definition) is 5. The molecular formula is C20H12N6O. The fraction of sp³-hybridized carbons (Fsp3) is 0.0500. The highest BCUT2D eigenvalue weighted by Crippen LogP contribution is 2.20. The molecular weight excluding hydrogens is 340 g/mol. The number of aromatic nitrogens is 4. The molecule has 1 N–H and O–H groups in total. The number of imidazole rings is 1. The second-order valence-electron chi connectivity index (χ2n) is 5.90. The number of nitriles is 2. The highest BCUT2D eigenvalue weighted by molar-refractivity contribution is 5.78. The Morgan fingerprint density at radius 2 is 1.70 bits per heavy atom. The summed E-state index contributed by atoms with van der Waals surface area (Å²) in [6, 6.07) is 20.3. The first-order valence-electron chi connectivity index (χ1n) is 8.14. The number of benzene rings is 2. The lowest BCUT2D eigenvalue weighted by Gasteiger charge is -2.05. The lowest BCUT2D eigenvalue weighted by molar-refractivity contribution is 0.778. The normalized spacial score (nSPS) is 10.4. The van der Waals surface area contributed by atoms with Crippen LogP contribution in [0.5, 0.6) is 0 Å². The molecule has 0 saturated heterocycles. The average molecular weight is 352 g/mol. The predicted molar refractivity (Wildman–Crippen MR) is 98.6 cm³/mol. The van der Waals surface area contributed by atoms with E-state index in [1.54, 1.807) is 24.3 Å². The minimum absolute atomic E-state index is 0.100. The molecule has 2 aromatic carbocycles. The molecule has 7 nitrogen and oxygen atoms in total. The van der Waals surface area contributed by atoms with Crippen LogP contribution in [0.2, 0.25) is 0 Å². The van der Waals surface area contributed by atoms with E-state index in [1.165, 1.54) is 4.57 Å². The maximum atomic E-state index is 12.4. The molecule has 4 aromatic rings. The molecule has 2 heterocycles. The molecule has 0 aliphatic carbocycles. The van der Waals surface area contributed by atoms with Gasteiger partial charge in [0.2, 0.25) is 0 Å². The van der Waals surface area contributed by atoms with E-state index in [0.29, 0.717) is 34.7 Å². The molecule has 7 heteroatoms. The van der Waals surface area contributed by atoms with Crippen LogP contribution >= 0.6 is 0 Å². The number of aromatic amines is 1. The molecule has 0 amide bonds. The Hall–Kier alpha value is -4.23. The van der Waals surface area contributed by atoms with E-state index in [9.17, 15) is 10.1 Å². The number of fused-ring (bicyclic) bond motifs is 1. The van der Waals surface area contributed by atoms with Gasteiger partial charge in [0.05, 0.1) is 18.2 Å². The SMILES string of the molecule is N#Cc1ccc(-c2nc(C#N)c3[nH]c(=O)n(Cc4ccccc4)c3n2)cc1. The molecule has 4 rings (SSSR count). The van der Waals surface area contributed by atoms with E-state index in [4.69, 9.17) is 5.26 Å². The van der Waals surface area contributed by atoms with Crippen molar-refractivity contribution in [3.05, 3.63) is 81.9 Å². The first-order chi connectivity index (χ1) is 13.2. The molecule has 2 aromatic heterocycles. The Kier molecular flexibility index (Phi) is 3.96. The largest absolute Gasteiger partial charge is 0.328 e. The van der Waals surface area contributed by atoms with Crippen molar-refractivity contribution in [2.45, 2.75) is 6.54 Å². The van der Waals surface area contributed by atoms with Crippen LogP contribution < -0.4 is 5.69 Å². The van der Waals surface area contributed by atoms with Crippen LogP contribution in [-0.4, -0.2) is 19.5 Å². The van der Waals surface area contributed by atoms with Crippen LogP contribution in [-0.2, 0) is 6.54 Å². The van der Waals surface area contributed by atoms with Gasteiger partial charge in [0.1, 0.15) is 11.6 Å². The van der Waals surface area contributed by atoms with Crippen LogP contribution in [0.4, 0.5) is 0 Å². The molecule has 0 fully saturated rings. The number of hydrogen-bond donors (Lipinski definition) is 1. The average Bonchev–Trinajstić information content (AvgIpc) is 3.03. The highest BCUT2D eigenvalue weighted by Gasteiger charge is 2.16. The van der Waals surface area contributed by atoms with Crippen LogP contribution in [0.25, 0.3) is 22.6 Å². The van der Waals surface area contributed by atoms with Gasteiger partial charge in [-0.2, -0.15) is 10.5 Å². The molecule has 27 heavy (non-hydrogen) atoms. The van der Waals surface area contributed by atoms with Crippen molar-refractivity contribution in [3.63, 3.8) is 0 Å². The lowest BCUT2D eigenvalue weighted by Crippen LogP contribution is -2.17. The monoisotopic (exact) mass is 352 g/mol. The number of nitrogens with one attached hydrogen (secondary N) is 1. The summed E-state index contributed by atoms with van der Waals surface area (Å²) in [7, 11) is 0. The molecule has 128 valence electrons. The minimum Gasteiger partial charge on any atom is -0.302 e. The lowest BCUT2D eigenvalue weighted by atomic mass is 10.1. The number of H-pyrrole nitrogens is 1. The fourth-order valence-electron chi connectivity index (χ4n) is 2.85. The van der Waals surface area contributed by atoms with Gasteiger partial charge in [0.25, 0.3) is 0 Å². The van der Waals surface area contributed by atoms with E-state index >= 15 is 0 Å². The number of rotatable bonds is 3. The summed E-state index contributed by atoms with van der Waals surface area (Å²) in [6.07, 6.45) is 0. The quantitative estimate of drug-likeness (QED) is 0.609. The highest BCUT2D eigenvalue weighted by atomic mass is 16.1. The summed E-state index contributed by atoms with van der Waals surface area (Å²) < 4.78 is 1.49. The van der Waals surface area contributed by atoms with Crippen molar-refractivity contribution in [2.24, 2.45) is 0 Å². The summed E-state index contributed by atoms with van der Waals surface area (Å²) >= 11 is 0. The maximum absolute atomic E-state index is 12.4. The van der Waals surface area contributed by atoms with Gasteiger partial charge in [-0.3, -0.25) is 4.57 Å². The zero-order valence-electron chi connectivity index (χ0n) is 14.0. The smallest absolute Gasteiger partial charge is 0.302 e. The third-order valence-corrected chi connectivity index (χ3v) is 4.18. The first-order valence-corrected chi connectivity index (χ1v) is 8.14. The van der Waals surface area contributed by atoms with Gasteiger partial charge in [-0.05, 0) is 29.8 Å². The first kappa shape index (κ1) is 16.2. The van der Waals surface area contributed by atoms with Crippen molar-refractivity contribution in [3.8, 4) is 23.5 Å². The Morgan fingerprint density at radius 1 is 0.963 bits per heavy atom. The molecule has 0 radical (unpaired) electrons. The topological polar surface area (TPSA) is 111 Å². The van der Waals surface area contributed by atoms with Crippen molar-refractivity contribution in [2.75, 3.05) is 0 Å². The van der Waals surface area contributed by atoms with Crippen molar-refractivity contribution < 1.29 is 0 Å². The Bertz CT molecular complexity index is 1270. The Labute approximate surface area is 153 Å². The summed E-state index contributed by atoms with van der Waals surface area (Å²) in [6.45, 7) is 0.328. The van der Waals surface area contributed by atoms with E-state index in [2.05, 4.69) is 21.0 Å². The molecule has 0 spiro atoms. The summed E-state index contributed by atoms with van der Waals surface area (Å²) in [5.41, 5.74) is 2.55. The van der Waals surface area contributed by atoms with Gasteiger partial charge in [-0.15, -0.1) is 0 Å². The molecule has 0 aliphatic rings. The van der Waals surface area contributed by atoms with E-state index in [-0.39, 0.29) is 11.4 Å². The Balaban J connectivity index is 1.90. The number of nitrogens with zero attached hydrogens (tertiary/aromatic N) is 5. The molecule has 0 atom stereocenters. The summed E-state index contributed by atoms with van der Waals surface area (Å²) in [5, 5.41) is 18.4. The Morgan fingerprint density at radius 3 is 2.37 bits per heavy atom. The summed E-state index contributed by atoms with van der Waals surface area (Å²) in [5.74, 6) is 0.323. The third kappa shape index (κ3) is 2.94. The van der Waals surface area contributed by atoms with Crippen molar-refractivity contribution >= 4 is 11.2 Å². The van der Waals surface area contributed by atoms with Crippen LogP contribution in [0.15, 0.2) is 59.4 Å². The van der Waals surface area contributed by atoms with E-state index in [1.807, 2.05) is 36.4 Å². The third-order valence-electron chi connectivity index (χ3n) is 4.18. The van der Waals surface area contributed by atoms with Crippen LogP contribution in [0, 0.1) is 22.7 Å². The molecule has 0 unspecified atom stereocenters. The van der Waals surface area contributed by atoms with E-state index < -0.39 is 0 Å². The maximum Gasteiger partial charge on any atom is 0.328 e. The van der Waals surface area contributed by atoms with Gasteiger partial charge in [-0.1, -0.05) is 30.3 Å². The minimum atomic E-state index is -0.350. The molecule has 0 saturated carbocycles. The van der Waals surface area contributed by atoms with Crippen LogP contribution in [0.3, 0.4) is 0 Å². The second-order valence-corrected chi connectivity index (χ2v) is 5.90. The van der Waals surface area contributed by atoms with Gasteiger partial charge >= 0.3 is 5.69 Å². The van der Waals surface area contributed by atoms with Gasteiger partial charge < -0.3 is 4.98 Å². The molecule has 0 aliphatic heterocycles. The fourth-order valence-corrected chi connectivity index (χ4v) is 2.85. The standard InChI is InChI=1S/C20H12N6O/c21-10-13-6-8-15(9-7-13)18-23-16(11-22)17-19(25-18)26(20(27)24-17)12-14-4-2-1-3-5-14/h1-9H,12H2,(H,24,27).